The van der Waals surface area contributed by atoms with Crippen molar-refractivity contribution in [3.63, 3.8) is 0 Å². The number of nitrogens with two attached hydrogens (primary N) is 4. The van der Waals surface area contributed by atoms with Crippen LogP contribution < -0.4 is 86.7 Å². The zero-order valence-corrected chi connectivity index (χ0v) is 50.8. The first kappa shape index (κ1) is 74.3. The summed E-state index contributed by atoms with van der Waals surface area (Å²) in [4.78, 5) is 133. The van der Waals surface area contributed by atoms with Crippen LogP contribution in [0.5, 0.6) is 5.75 Å². The van der Waals surface area contributed by atoms with Crippen LogP contribution >= 0.6 is 0 Å². The number of benzene rings is 1. The number of phenols is 1. The number of phenolic OH excluding ortho intramolecular Hbond substituents is 1. The van der Waals surface area contributed by atoms with E-state index in [2.05, 4.69) is 73.8 Å². The van der Waals surface area contributed by atoms with Crippen molar-refractivity contribution in [2.75, 3.05) is 33.3 Å². The number of aliphatic hydroxyl groups is 1. The number of likely N-dealkylation sites (N-methyl/N-ethyl adjacent to an activating group) is 1. The minimum Gasteiger partial charge on any atom is -0.508 e. The number of hydrogen-bond acceptors (Lipinski definition) is 16. The van der Waals surface area contributed by atoms with Gasteiger partial charge in [-0.1, -0.05) is 60.1 Å². The average Bonchev–Trinajstić information content (AvgIpc) is 4.14. The van der Waals surface area contributed by atoms with E-state index in [1.165, 1.54) is 24.7 Å². The van der Waals surface area contributed by atoms with Gasteiger partial charge in [0.1, 0.15) is 54.1 Å². The van der Waals surface area contributed by atoms with Gasteiger partial charge >= 0.3 is 0 Å². The molecule has 2 aromatic rings. The molecule has 486 valence electrons. The number of nitrogens with zero attached hydrogens (tertiary/aromatic N) is 1. The quantitative estimate of drug-likeness (QED) is 0.0170. The number of aromatic nitrogens is 2. The van der Waals surface area contributed by atoms with Gasteiger partial charge in [0.15, 0.2) is 17.9 Å². The number of carbonyl (C=O) groups is 9. The van der Waals surface area contributed by atoms with Crippen LogP contribution in [0.1, 0.15) is 111 Å². The number of nitrogens with one attached hydrogen (secondary N) is 16. The second-order valence-electron chi connectivity index (χ2n) is 22.1. The molecule has 0 bridgehead atoms. The van der Waals surface area contributed by atoms with E-state index in [4.69, 9.17) is 39.2 Å². The number of aromatic hydroxyl groups is 1. The molecule has 0 aliphatic heterocycles. The molecular weight excluding hydrogens is 1130 g/mol. The molecule has 1 aromatic heterocycles. The van der Waals surface area contributed by atoms with E-state index in [-0.39, 0.29) is 125 Å². The third kappa shape index (κ3) is 28.8. The van der Waals surface area contributed by atoms with E-state index in [0.717, 1.165) is 0 Å². The van der Waals surface area contributed by atoms with Crippen LogP contribution in [0.2, 0.25) is 0 Å². The first-order valence-corrected chi connectivity index (χ1v) is 29.1. The van der Waals surface area contributed by atoms with Crippen molar-refractivity contribution in [3.05, 3.63) is 48.0 Å². The van der Waals surface area contributed by atoms with Crippen LogP contribution in [0, 0.1) is 34.0 Å². The third-order valence-electron chi connectivity index (χ3n) is 13.8. The Morgan fingerprint density at radius 2 is 0.897 bits per heavy atom. The van der Waals surface area contributed by atoms with Gasteiger partial charge in [-0.2, -0.15) is 0 Å². The van der Waals surface area contributed by atoms with Crippen molar-refractivity contribution in [1.82, 2.24) is 73.8 Å². The lowest BCUT2D eigenvalue weighted by atomic mass is 9.98. The fraction of sp³-hybridized carbons (Fsp3) is 0.618. The highest BCUT2D eigenvalue weighted by Crippen LogP contribution is 2.15. The van der Waals surface area contributed by atoms with Crippen LogP contribution in [0.4, 0.5) is 0 Å². The van der Waals surface area contributed by atoms with Crippen LogP contribution in [-0.2, 0) is 56.0 Å². The summed E-state index contributed by atoms with van der Waals surface area (Å²) in [5.41, 5.74) is 23.1. The summed E-state index contributed by atoms with van der Waals surface area (Å²) >= 11 is 0. The molecule has 0 spiro atoms. The first-order chi connectivity index (χ1) is 41.1. The highest BCUT2D eigenvalue weighted by molar-refractivity contribution is 5.98. The summed E-state index contributed by atoms with van der Waals surface area (Å²) in [5.74, 6) is -9.24. The number of guanidine groups is 3. The van der Waals surface area contributed by atoms with E-state index in [1.54, 1.807) is 60.7 Å². The Morgan fingerprint density at radius 3 is 1.25 bits per heavy atom. The van der Waals surface area contributed by atoms with Gasteiger partial charge in [-0.3, -0.25) is 59.4 Å². The first-order valence-electron chi connectivity index (χ1n) is 29.1. The largest absolute Gasteiger partial charge is 0.508 e. The molecule has 0 unspecified atom stereocenters. The summed E-state index contributed by atoms with van der Waals surface area (Å²) in [5, 5.41) is 74.9. The van der Waals surface area contributed by atoms with Crippen LogP contribution in [0.25, 0.3) is 0 Å². The van der Waals surface area contributed by atoms with Crippen molar-refractivity contribution in [2.45, 2.75) is 167 Å². The van der Waals surface area contributed by atoms with Gasteiger partial charge in [-0.15, -0.1) is 0 Å². The van der Waals surface area contributed by atoms with Crippen LogP contribution in [-0.4, -0.2) is 179 Å². The van der Waals surface area contributed by atoms with Gasteiger partial charge in [-0.05, 0) is 100 Å². The van der Waals surface area contributed by atoms with Crippen LogP contribution in [0.15, 0.2) is 36.8 Å². The summed E-state index contributed by atoms with van der Waals surface area (Å²) in [6.45, 7) is 10.0. The smallest absolute Gasteiger partial charge is 0.245 e. The van der Waals surface area contributed by atoms with Gasteiger partial charge in [0.05, 0.1) is 24.7 Å². The van der Waals surface area contributed by atoms with Gasteiger partial charge in [0, 0.05) is 32.3 Å². The SMILES string of the molecule is CC[C@H](C)[C@H](NC(=O)[C@H](CO)NC(=O)[C@H](CC(C)C)NC(=O)[C@H](CC(C)C)NC(=O)[C@H](CCCNC(=N)N)NC(=O)[C@H](CCCNC(=N)N)NC(=O)[C@@H](Cc1c[nH]cn1)NC(=O)[C@H](CCCNC(=N)N)NC(=O)[C@H](Cc1ccc(O)cc1)NC)C(N)=O. The molecule has 1 heterocycles. The second-order valence-corrected chi connectivity index (χ2v) is 22.1. The van der Waals surface area contributed by atoms with E-state index in [1.807, 2.05) is 0 Å². The summed E-state index contributed by atoms with van der Waals surface area (Å²) in [6.07, 6.45) is 3.53. The van der Waals surface area contributed by atoms with Crippen molar-refractivity contribution < 1.29 is 53.4 Å². The average molecular weight is 1230 g/mol. The van der Waals surface area contributed by atoms with Crippen molar-refractivity contribution in [1.29, 1.82) is 16.2 Å². The fourth-order valence-electron chi connectivity index (χ4n) is 8.90. The number of primary amides is 1. The molecule has 0 saturated heterocycles. The Labute approximate surface area is 507 Å². The van der Waals surface area contributed by atoms with E-state index in [9.17, 15) is 53.4 Å². The number of carbonyl (C=O) groups excluding carboxylic acids is 9. The molecular formula is C55H95N21O11. The molecule has 0 radical (unpaired) electrons. The highest BCUT2D eigenvalue weighted by Gasteiger charge is 2.36. The van der Waals surface area contributed by atoms with E-state index < -0.39 is 114 Å². The molecule has 9 amide bonds. The number of aromatic amines is 1. The van der Waals surface area contributed by atoms with Gasteiger partial charge in [0.2, 0.25) is 53.2 Å². The monoisotopic (exact) mass is 1230 g/mol. The summed E-state index contributed by atoms with van der Waals surface area (Å²) in [7, 11) is 1.56. The summed E-state index contributed by atoms with van der Waals surface area (Å²) < 4.78 is 0. The zero-order chi connectivity index (χ0) is 65.3. The lowest BCUT2D eigenvalue weighted by Crippen LogP contribution is -2.61. The van der Waals surface area contributed by atoms with E-state index in [0.29, 0.717) is 17.7 Å². The Hall–Kier alpha value is -8.81. The third-order valence-corrected chi connectivity index (χ3v) is 13.8. The van der Waals surface area contributed by atoms with Crippen molar-refractivity contribution in [2.24, 2.45) is 40.7 Å². The fourth-order valence-corrected chi connectivity index (χ4v) is 8.90. The number of amides is 9. The molecule has 2 rings (SSSR count). The highest BCUT2D eigenvalue weighted by atomic mass is 16.3. The topological polar surface area (TPSA) is 543 Å². The molecule has 32 heteroatoms. The normalized spacial score (nSPS) is 14.6. The maximum Gasteiger partial charge on any atom is 0.245 e. The number of hydrogen-bond donors (Lipinski definition) is 22. The lowest BCUT2D eigenvalue weighted by molar-refractivity contribution is -0.136. The van der Waals surface area contributed by atoms with Crippen molar-refractivity contribution >= 4 is 71.0 Å². The predicted molar refractivity (Wildman–Crippen MR) is 324 cm³/mol. The number of imidazole rings is 1. The molecule has 0 aliphatic rings. The Balaban J connectivity index is 2.56. The minimum absolute atomic E-state index is 0.00233. The molecule has 0 fully saturated rings. The predicted octanol–water partition coefficient (Wildman–Crippen LogP) is -4.23. The molecule has 1 aromatic carbocycles. The molecule has 0 saturated carbocycles. The Kier molecular flexibility index (Phi) is 33.3. The summed E-state index contributed by atoms with van der Waals surface area (Å²) in [6, 6.07) is -5.53. The number of aliphatic hydroxyl groups excluding tert-OH is 1. The van der Waals surface area contributed by atoms with Gasteiger partial charge in [0.25, 0.3) is 0 Å². The maximum absolute atomic E-state index is 14.7. The Bertz CT molecular complexity index is 2570. The number of H-pyrrole nitrogens is 1. The maximum atomic E-state index is 14.7. The zero-order valence-electron chi connectivity index (χ0n) is 50.8. The van der Waals surface area contributed by atoms with Gasteiger partial charge < -0.3 is 102 Å². The standard InChI is InChI=1S/C55H95N21O11/c1-8-31(6)43(44(56)79)76-52(87)42(27-77)75-50(85)40(23-30(4)5)73-49(84)39(22-29(2)3)72-46(81)36(13-10-20-66-54(59)60)69-45(80)35(12-9-19-65-53(57)58)71-51(86)41(25-33-26-64-28-68-33)74-47(82)37(14-11-21-67-55(61)62)70-48(83)38(63-7)24-32-15-17-34(78)18-16-32/h15-18,26,28-31,35-43,63,77-78H,8-14,19-25,27H2,1-7H3,(H2,56,79)(H,64,68)(H,69,80)(H,70,83)(H,71,86)(H,72,81)(H,73,84)(H,74,82)(H,75,85)(H,76,87)(H4,57,58,65)(H4,59,60,66)(H4,61,62,67)/t31-,35-,36-,37-,38-,39-,40-,41+,42-,43-/m0/s1. The molecule has 87 heavy (non-hydrogen) atoms. The minimum atomic E-state index is -1.55. The van der Waals surface area contributed by atoms with Gasteiger partial charge in [-0.25, -0.2) is 4.98 Å². The molecule has 10 atom stereocenters. The second kappa shape index (κ2) is 39.0. The molecule has 32 nitrogen and oxygen atoms in total. The molecule has 26 N–H and O–H groups in total. The Morgan fingerprint density at radius 1 is 0.529 bits per heavy atom. The number of rotatable bonds is 41. The lowest BCUT2D eigenvalue weighted by Gasteiger charge is -2.29. The van der Waals surface area contributed by atoms with Crippen LogP contribution in [0.3, 0.4) is 0 Å². The van der Waals surface area contributed by atoms with E-state index >= 15 is 0 Å². The molecule has 0 aliphatic carbocycles. The van der Waals surface area contributed by atoms with Crippen molar-refractivity contribution in [3.8, 4) is 5.75 Å².